The summed E-state index contributed by atoms with van der Waals surface area (Å²) in [6, 6.07) is 11.9. The van der Waals surface area contributed by atoms with Crippen molar-refractivity contribution in [3.05, 3.63) is 35.9 Å². The van der Waals surface area contributed by atoms with E-state index in [2.05, 4.69) is 67.0 Å². The van der Waals surface area contributed by atoms with Crippen molar-refractivity contribution in [2.45, 2.75) is 398 Å². The van der Waals surface area contributed by atoms with Crippen molar-refractivity contribution in [3.8, 4) is 6.07 Å². The quantitative estimate of drug-likeness (QED) is 0.0360. The molecule has 0 unspecified atom stereocenters. The van der Waals surface area contributed by atoms with Gasteiger partial charge < -0.3 is 62.2 Å². The summed E-state index contributed by atoms with van der Waals surface area (Å²) in [5.41, 5.74) is -4.15. The summed E-state index contributed by atoms with van der Waals surface area (Å²) < 4.78 is 6.10. The third kappa shape index (κ3) is 28.7. The van der Waals surface area contributed by atoms with Gasteiger partial charge in [-0.15, -0.1) is 11.6 Å². The van der Waals surface area contributed by atoms with Crippen molar-refractivity contribution < 1.29 is 70.3 Å². The van der Waals surface area contributed by atoms with Gasteiger partial charge in [0.05, 0.1) is 33.2 Å². The van der Waals surface area contributed by atoms with E-state index in [1.807, 2.05) is 212 Å². The second-order valence-electron chi connectivity index (χ2n) is 39.7. The molecule has 26 nitrogen and oxygen atoms in total. The highest BCUT2D eigenvalue weighted by Gasteiger charge is 2.52. The van der Waals surface area contributed by atoms with Gasteiger partial charge in [0.25, 0.3) is 0 Å². The van der Waals surface area contributed by atoms with Crippen LogP contribution in [0, 0.1) is 23.2 Å². The molecule has 1 aromatic carbocycles. The van der Waals surface area contributed by atoms with Crippen LogP contribution in [0.15, 0.2) is 35.3 Å². The Bertz CT molecular complexity index is 3010. The lowest BCUT2D eigenvalue weighted by atomic mass is 9.75. The minimum atomic E-state index is -0.765. The molecule has 0 aliphatic carbocycles. The van der Waals surface area contributed by atoms with Crippen LogP contribution in [0.5, 0.6) is 0 Å². The standard InChI is InChI=1S/C16H23NO3.C11H21ClN2O2.C11H21IN2O2.C11H22N2O2.C10H18N2OS.C10H18N2O.C10H19NO3/c1-15(2)10-13(11-16(3,4)17(15)19)20-14(18)12-8-6-5-7-9-12;2*1-10(2)5-8(13-9(15)7-12)6-11(3,4)14(10)16;1-8(14)12-9-6-10(2,3)13(15)11(4,5)7-9;1-9(2)5-8(11-7-14)6-10(3,4)12(9)13;1-9(2)5-8(7-11)6-10(3,4)12(9)13;1-9(2)5-7(8(12)13)6-10(3,4)11(9)14/h5-9,13,19H,10-11H2,1-4H3;2*8,16H,5-7H2,1-4H3,(H,13,15);9,15H,6-7H2,1-5H3,(H,12,14);8,13H,5-6H2,1-4H3;8,13H,5-6H2,1-4H3;7,14H,5-6H2,1-4H3,(H,12,13). The van der Waals surface area contributed by atoms with Crippen LogP contribution in [0.25, 0.3) is 0 Å². The number of thiocarbonyl (C=S) groups is 1. The maximum atomic E-state index is 12.1. The number of nitrogens with one attached hydrogen (secondary N) is 3. The Morgan fingerprint density at radius 3 is 1.00 bits per heavy atom. The number of aliphatic imine (C=N–C) groups is 1. The predicted molar refractivity (Wildman–Crippen MR) is 433 cm³/mol. The third-order valence-corrected chi connectivity index (χ3v) is 22.9. The molecule has 0 aromatic heterocycles. The summed E-state index contributed by atoms with van der Waals surface area (Å²) in [5, 5.41) is 109. The third-order valence-electron chi connectivity index (χ3n) is 21.8. The van der Waals surface area contributed by atoms with Crippen LogP contribution in [-0.4, -0.2) is 230 Å². The van der Waals surface area contributed by atoms with Crippen LogP contribution in [0.4, 0.5) is 0 Å². The van der Waals surface area contributed by atoms with Gasteiger partial charge in [0.2, 0.25) is 17.7 Å². The van der Waals surface area contributed by atoms with Gasteiger partial charge in [-0.25, -0.2) is 9.79 Å². The number of isothiocyanates is 1. The van der Waals surface area contributed by atoms with Crippen LogP contribution >= 0.6 is 46.4 Å². The molecule has 7 aliphatic rings. The first kappa shape index (κ1) is 100. The fourth-order valence-electron chi connectivity index (χ4n) is 18.2. The number of nitriles is 1. The molecule has 622 valence electrons. The number of carboxylic acids is 1. The number of halogens is 2. The molecule has 3 amide bonds. The van der Waals surface area contributed by atoms with E-state index >= 15 is 0 Å². The predicted octanol–water partition coefficient (Wildman–Crippen LogP) is 14.9. The smallest absolute Gasteiger partial charge is 0.338 e. The maximum absolute atomic E-state index is 12.1. The van der Waals surface area contributed by atoms with Crippen LogP contribution in [0.3, 0.4) is 0 Å². The van der Waals surface area contributed by atoms with Gasteiger partial charge >= 0.3 is 11.9 Å². The summed E-state index contributed by atoms with van der Waals surface area (Å²) in [4.78, 5) is 60.9. The van der Waals surface area contributed by atoms with Gasteiger partial charge in [-0.3, -0.25) is 19.2 Å². The molecule has 108 heavy (non-hydrogen) atoms. The lowest BCUT2D eigenvalue weighted by Gasteiger charge is -2.51. The molecule has 7 fully saturated rings. The van der Waals surface area contributed by atoms with Gasteiger partial charge in [-0.2, -0.15) is 40.7 Å². The number of hydrogen-bond donors (Lipinski definition) is 11. The van der Waals surface area contributed by atoms with Gasteiger partial charge in [-0.1, -0.05) is 40.8 Å². The van der Waals surface area contributed by atoms with Crippen LogP contribution in [-0.2, 0) is 23.9 Å². The van der Waals surface area contributed by atoms with E-state index in [0.717, 1.165) is 64.2 Å². The summed E-state index contributed by atoms with van der Waals surface area (Å²) in [7, 11) is 0. The Morgan fingerprint density at radius 1 is 0.463 bits per heavy atom. The first-order valence-electron chi connectivity index (χ1n) is 37.9. The molecule has 11 N–H and O–H groups in total. The van der Waals surface area contributed by atoms with Gasteiger partial charge in [-0.05, 0) is 295 Å². The van der Waals surface area contributed by atoms with E-state index in [4.69, 9.17) is 26.7 Å². The number of piperidine rings is 7. The number of ether oxygens (including phenoxy) is 1. The number of esters is 1. The Morgan fingerprint density at radius 2 is 0.731 bits per heavy atom. The molecule has 7 heterocycles. The van der Waals surface area contributed by atoms with E-state index in [0.29, 0.717) is 35.7 Å². The number of carbonyl (C=O) groups is 5. The molecule has 7 aliphatic heterocycles. The molecule has 0 spiro atoms. The second kappa shape index (κ2) is 38.2. The number of benzene rings is 1. The fraction of sp³-hybridized carbons (Fsp3) is 0.835. The first-order valence-corrected chi connectivity index (χ1v) is 40.4. The summed E-state index contributed by atoms with van der Waals surface area (Å²) in [5.74, 6) is -1.45. The molecule has 29 heteroatoms. The molecule has 0 saturated carbocycles. The number of aliphatic carboxylic acids is 1. The molecule has 7 saturated heterocycles. The van der Waals surface area contributed by atoms with Crippen LogP contribution in [0.2, 0.25) is 0 Å². The largest absolute Gasteiger partial charge is 0.481 e. The molecular weight excluding hydrogens is 1540 g/mol. The minimum Gasteiger partial charge on any atom is -0.481 e. The van der Waals surface area contributed by atoms with Crippen LogP contribution in [0.1, 0.15) is 301 Å². The highest BCUT2D eigenvalue weighted by molar-refractivity contribution is 14.1. The van der Waals surface area contributed by atoms with E-state index in [-0.39, 0.29) is 127 Å². The number of carbonyl (C=O) groups excluding carboxylic acids is 4. The maximum Gasteiger partial charge on any atom is 0.338 e. The molecule has 0 radical (unpaired) electrons. The lowest BCUT2D eigenvalue weighted by molar-refractivity contribution is -0.256. The lowest BCUT2D eigenvalue weighted by Crippen LogP contribution is -2.63. The number of hydrogen-bond acceptors (Lipinski definition) is 23. The van der Waals surface area contributed by atoms with Crippen molar-refractivity contribution in [2.75, 3.05) is 10.3 Å². The molecular formula is C79H142ClIN12O14S. The van der Waals surface area contributed by atoms with Crippen molar-refractivity contribution in [1.82, 2.24) is 51.4 Å². The van der Waals surface area contributed by atoms with Crippen molar-refractivity contribution in [3.63, 3.8) is 0 Å². The number of rotatable bonds is 9. The van der Waals surface area contributed by atoms with E-state index in [1.165, 1.54) is 42.4 Å². The summed E-state index contributed by atoms with van der Waals surface area (Å²) in [6.07, 6.45) is 9.66. The van der Waals surface area contributed by atoms with Gasteiger partial charge in [0, 0.05) is 121 Å². The summed E-state index contributed by atoms with van der Waals surface area (Å²) in [6.45, 7) is 56.6. The van der Waals surface area contributed by atoms with Gasteiger partial charge in [0.15, 0.2) is 0 Å². The Labute approximate surface area is 671 Å². The Hall–Kier alpha value is -3.68. The van der Waals surface area contributed by atoms with Crippen LogP contribution < -0.4 is 16.0 Å². The highest BCUT2D eigenvalue weighted by atomic mass is 127. The SMILES string of the molecule is CC(=O)NC1CC(C)(C)N(O)C(C)(C)C1.CC1(C)CC(C#N)CC(C)(C)N1O.CC1(C)CC(C(=O)O)CC(C)(C)N1O.CC1(C)CC(N=C=S)CC(C)(C)N1O.CC1(C)CC(NC(=O)CCl)CC(C)(C)N1O.CC1(C)CC(NC(=O)CI)CC(C)(C)N1O.CC1(C)CC(OC(=O)c2ccccc2)CC(C)(C)N1O. The number of amides is 3. The normalized spacial score (nSPS) is 25.8. The fourth-order valence-corrected chi connectivity index (χ4v) is 18.6. The van der Waals surface area contributed by atoms with E-state index in [1.54, 1.807) is 12.1 Å². The molecule has 0 bridgehead atoms. The number of nitrogens with zero attached hydrogens (tertiary/aromatic N) is 9. The first-order chi connectivity index (χ1) is 48.5. The van der Waals surface area contributed by atoms with Gasteiger partial charge in [0.1, 0.15) is 12.0 Å². The van der Waals surface area contributed by atoms with Crippen molar-refractivity contribution in [1.29, 1.82) is 5.26 Å². The van der Waals surface area contributed by atoms with E-state index in [9.17, 15) is 60.4 Å². The number of hydroxylamine groups is 14. The minimum absolute atomic E-state index is 0.00186. The average Bonchev–Trinajstić information content (AvgIpc) is 0.825. The number of carboxylic acid groups (broad SMARTS) is 1. The zero-order valence-corrected chi connectivity index (χ0v) is 74.7. The summed E-state index contributed by atoms with van der Waals surface area (Å²) >= 11 is 12.1. The van der Waals surface area contributed by atoms with E-state index < -0.39 is 28.1 Å². The molecule has 8 rings (SSSR count). The zero-order chi connectivity index (χ0) is 84.3. The average molecular weight is 1680 g/mol. The highest BCUT2D eigenvalue weighted by Crippen LogP contribution is 2.44. The number of alkyl halides is 2. The monoisotopic (exact) mass is 1680 g/mol. The second-order valence-corrected chi connectivity index (χ2v) is 40.9. The van der Waals surface area contributed by atoms with Crippen molar-refractivity contribution in [2.24, 2.45) is 16.8 Å². The molecule has 0 atom stereocenters. The Balaban J connectivity index is 0.000000430. The Kier molecular flexibility index (Phi) is 35.5. The topological polar surface area (TPSA) is 351 Å². The zero-order valence-electron chi connectivity index (χ0n) is 71.0. The van der Waals surface area contributed by atoms with Crippen molar-refractivity contribution >= 4 is 81.2 Å². The molecule has 1 aromatic rings.